The maximum Gasteiger partial charge on any atom is 0.262 e. The van der Waals surface area contributed by atoms with Gasteiger partial charge in [-0.15, -0.1) is 0 Å². The topological polar surface area (TPSA) is 85.9 Å². The average Bonchev–Trinajstić information content (AvgIpc) is 2.67. The van der Waals surface area contributed by atoms with Crippen LogP contribution < -0.4 is 20.1 Å². The standard InChI is InChI=1S/C20H24N2O5/c1-25-12-6-11-19(23)21-15-7-5-8-16(13-15)22-20(24)14-27-18-10-4-3-9-17(18)26-2/h3-5,7-10,13H,6,11-12,14H2,1-2H3,(H,21,23)(H,22,24). The predicted molar refractivity (Wildman–Crippen MR) is 103 cm³/mol. The summed E-state index contributed by atoms with van der Waals surface area (Å²) in [4.78, 5) is 24.0. The van der Waals surface area contributed by atoms with Gasteiger partial charge in [-0.3, -0.25) is 9.59 Å². The number of nitrogens with one attached hydrogen (secondary N) is 2. The summed E-state index contributed by atoms with van der Waals surface area (Å²) in [7, 11) is 3.14. The summed E-state index contributed by atoms with van der Waals surface area (Å²) in [6, 6.07) is 14.0. The molecule has 144 valence electrons. The van der Waals surface area contributed by atoms with Crippen molar-refractivity contribution >= 4 is 23.2 Å². The molecule has 0 atom stereocenters. The lowest BCUT2D eigenvalue weighted by atomic mass is 10.2. The van der Waals surface area contributed by atoms with Crippen molar-refractivity contribution in [1.82, 2.24) is 0 Å². The monoisotopic (exact) mass is 372 g/mol. The minimum atomic E-state index is -0.315. The molecule has 0 aromatic heterocycles. The molecule has 27 heavy (non-hydrogen) atoms. The van der Waals surface area contributed by atoms with Gasteiger partial charge in [-0.2, -0.15) is 0 Å². The van der Waals surface area contributed by atoms with Crippen LogP contribution >= 0.6 is 0 Å². The highest BCUT2D eigenvalue weighted by atomic mass is 16.5. The Bertz CT molecular complexity index is 764. The minimum Gasteiger partial charge on any atom is -0.493 e. The van der Waals surface area contributed by atoms with Crippen molar-refractivity contribution in [1.29, 1.82) is 0 Å². The van der Waals surface area contributed by atoms with Crippen molar-refractivity contribution < 1.29 is 23.8 Å². The number of rotatable bonds is 10. The fourth-order valence-corrected chi connectivity index (χ4v) is 2.35. The van der Waals surface area contributed by atoms with E-state index in [9.17, 15) is 9.59 Å². The van der Waals surface area contributed by atoms with Crippen LogP contribution in [0.2, 0.25) is 0 Å². The second kappa shape index (κ2) is 10.8. The number of carbonyl (C=O) groups excluding carboxylic acids is 2. The molecule has 0 heterocycles. The van der Waals surface area contributed by atoms with Gasteiger partial charge in [0.2, 0.25) is 5.91 Å². The number of ether oxygens (including phenoxy) is 3. The third-order valence-corrected chi connectivity index (χ3v) is 3.61. The number of hydrogen-bond acceptors (Lipinski definition) is 5. The van der Waals surface area contributed by atoms with Crippen molar-refractivity contribution in [2.75, 3.05) is 38.1 Å². The molecular formula is C20H24N2O5. The number of para-hydroxylation sites is 2. The molecule has 2 aromatic carbocycles. The van der Waals surface area contributed by atoms with Gasteiger partial charge in [-0.05, 0) is 36.8 Å². The highest BCUT2D eigenvalue weighted by Crippen LogP contribution is 2.25. The fraction of sp³-hybridized carbons (Fsp3) is 0.300. The SMILES string of the molecule is COCCCC(=O)Nc1cccc(NC(=O)COc2ccccc2OC)c1. The maximum atomic E-state index is 12.1. The largest absolute Gasteiger partial charge is 0.493 e. The van der Waals surface area contributed by atoms with E-state index in [1.54, 1.807) is 49.6 Å². The molecule has 0 radical (unpaired) electrons. The van der Waals surface area contributed by atoms with Crippen LogP contribution in [0.5, 0.6) is 11.5 Å². The van der Waals surface area contributed by atoms with Crippen molar-refractivity contribution in [2.24, 2.45) is 0 Å². The van der Waals surface area contributed by atoms with Crippen molar-refractivity contribution in [3.63, 3.8) is 0 Å². The van der Waals surface area contributed by atoms with Gasteiger partial charge in [-0.1, -0.05) is 18.2 Å². The second-order valence-electron chi connectivity index (χ2n) is 5.71. The van der Waals surface area contributed by atoms with E-state index in [0.29, 0.717) is 42.3 Å². The van der Waals surface area contributed by atoms with Crippen LogP contribution in [0.1, 0.15) is 12.8 Å². The van der Waals surface area contributed by atoms with E-state index in [1.807, 2.05) is 6.07 Å². The van der Waals surface area contributed by atoms with Gasteiger partial charge < -0.3 is 24.8 Å². The fourth-order valence-electron chi connectivity index (χ4n) is 2.35. The van der Waals surface area contributed by atoms with Crippen LogP contribution in [0.3, 0.4) is 0 Å². The summed E-state index contributed by atoms with van der Waals surface area (Å²) < 4.78 is 15.6. The molecule has 2 rings (SSSR count). The highest BCUT2D eigenvalue weighted by molar-refractivity contribution is 5.94. The molecule has 7 nitrogen and oxygen atoms in total. The van der Waals surface area contributed by atoms with E-state index < -0.39 is 0 Å². The third kappa shape index (κ3) is 6.99. The molecule has 0 fully saturated rings. The van der Waals surface area contributed by atoms with Gasteiger partial charge in [-0.25, -0.2) is 0 Å². The average molecular weight is 372 g/mol. The molecular weight excluding hydrogens is 348 g/mol. The lowest BCUT2D eigenvalue weighted by Crippen LogP contribution is -2.20. The zero-order chi connectivity index (χ0) is 19.5. The Labute approximate surface area is 158 Å². The van der Waals surface area contributed by atoms with Crippen LogP contribution in [-0.2, 0) is 14.3 Å². The van der Waals surface area contributed by atoms with Crippen molar-refractivity contribution in [2.45, 2.75) is 12.8 Å². The van der Waals surface area contributed by atoms with Crippen molar-refractivity contribution in [3.05, 3.63) is 48.5 Å². The van der Waals surface area contributed by atoms with Gasteiger partial charge in [0.05, 0.1) is 7.11 Å². The summed E-state index contributed by atoms with van der Waals surface area (Å²) in [6.07, 6.45) is 1.02. The molecule has 0 saturated heterocycles. The molecule has 2 amide bonds. The Morgan fingerprint density at radius 2 is 1.56 bits per heavy atom. The summed E-state index contributed by atoms with van der Waals surface area (Å²) in [5, 5.41) is 5.53. The Morgan fingerprint density at radius 3 is 2.22 bits per heavy atom. The van der Waals surface area contributed by atoms with Crippen molar-refractivity contribution in [3.8, 4) is 11.5 Å². The van der Waals surface area contributed by atoms with Gasteiger partial charge in [0.15, 0.2) is 18.1 Å². The smallest absolute Gasteiger partial charge is 0.262 e. The Kier molecular flexibility index (Phi) is 8.12. The lowest BCUT2D eigenvalue weighted by molar-refractivity contribution is -0.118. The zero-order valence-electron chi connectivity index (χ0n) is 15.5. The van der Waals surface area contributed by atoms with E-state index >= 15 is 0 Å². The first kappa shape index (κ1) is 20.3. The number of methoxy groups -OCH3 is 2. The zero-order valence-corrected chi connectivity index (χ0v) is 15.5. The quantitative estimate of drug-likeness (QED) is 0.626. The van der Waals surface area contributed by atoms with Crippen LogP contribution in [-0.4, -0.2) is 39.2 Å². The number of anilines is 2. The molecule has 0 aliphatic carbocycles. The first-order valence-corrected chi connectivity index (χ1v) is 8.57. The molecule has 2 N–H and O–H groups in total. The van der Waals surface area contributed by atoms with Gasteiger partial charge >= 0.3 is 0 Å². The molecule has 0 bridgehead atoms. The van der Waals surface area contributed by atoms with Gasteiger partial charge in [0.25, 0.3) is 5.91 Å². The predicted octanol–water partition coefficient (Wildman–Crippen LogP) is 3.08. The first-order valence-electron chi connectivity index (χ1n) is 8.57. The van der Waals surface area contributed by atoms with Crippen LogP contribution in [0, 0.1) is 0 Å². The highest BCUT2D eigenvalue weighted by Gasteiger charge is 2.08. The van der Waals surface area contributed by atoms with Crippen LogP contribution in [0.25, 0.3) is 0 Å². The summed E-state index contributed by atoms with van der Waals surface area (Å²) in [6.45, 7) is 0.379. The Morgan fingerprint density at radius 1 is 0.889 bits per heavy atom. The normalized spacial score (nSPS) is 10.1. The number of hydrogen-bond donors (Lipinski definition) is 2. The number of benzene rings is 2. The Hall–Kier alpha value is -3.06. The van der Waals surface area contributed by atoms with Gasteiger partial charge in [0.1, 0.15) is 0 Å². The maximum absolute atomic E-state index is 12.1. The first-order chi connectivity index (χ1) is 13.1. The van der Waals surface area contributed by atoms with E-state index in [4.69, 9.17) is 14.2 Å². The van der Waals surface area contributed by atoms with Crippen LogP contribution in [0.4, 0.5) is 11.4 Å². The second-order valence-corrected chi connectivity index (χ2v) is 5.71. The van der Waals surface area contributed by atoms with E-state index in [-0.39, 0.29) is 18.4 Å². The lowest BCUT2D eigenvalue weighted by Gasteiger charge is -2.11. The van der Waals surface area contributed by atoms with E-state index in [1.165, 1.54) is 7.11 Å². The molecule has 0 saturated carbocycles. The molecule has 0 unspecified atom stereocenters. The van der Waals surface area contributed by atoms with E-state index in [0.717, 1.165) is 0 Å². The van der Waals surface area contributed by atoms with Crippen LogP contribution in [0.15, 0.2) is 48.5 Å². The third-order valence-electron chi connectivity index (χ3n) is 3.61. The number of carbonyl (C=O) groups is 2. The molecule has 7 heteroatoms. The molecule has 2 aromatic rings. The summed E-state index contributed by atoms with van der Waals surface area (Å²) >= 11 is 0. The van der Waals surface area contributed by atoms with E-state index in [2.05, 4.69) is 10.6 Å². The molecule has 0 aliphatic heterocycles. The summed E-state index contributed by atoms with van der Waals surface area (Å²) in [5.74, 6) is 0.634. The minimum absolute atomic E-state index is 0.102. The number of amides is 2. The van der Waals surface area contributed by atoms with Gasteiger partial charge in [0, 0.05) is 31.5 Å². The summed E-state index contributed by atoms with van der Waals surface area (Å²) in [5.41, 5.74) is 1.18. The molecule has 0 aliphatic rings. The Balaban J connectivity index is 1.86. The molecule has 0 spiro atoms.